The highest BCUT2D eigenvalue weighted by molar-refractivity contribution is 6.62. The van der Waals surface area contributed by atoms with Gasteiger partial charge in [0.1, 0.15) is 5.75 Å². The van der Waals surface area contributed by atoms with Gasteiger partial charge in [0.2, 0.25) is 0 Å². The predicted octanol–water partition coefficient (Wildman–Crippen LogP) is 2.18. The van der Waals surface area contributed by atoms with E-state index in [4.69, 9.17) is 16.3 Å². The number of amides is 1. The summed E-state index contributed by atoms with van der Waals surface area (Å²) in [5.41, 5.74) is 1.15. The number of methoxy groups -OCH3 is 1. The minimum atomic E-state index is -0.362. The standard InChI is InChI=1S/C12H15ClN2O2/c1-17-11-4-2-10(3-5-11)14-6-8-15(9-7-14)12(13)16/h2-5H,6-9H2,1H3. The molecule has 1 saturated heterocycles. The van der Waals surface area contributed by atoms with Crippen molar-refractivity contribution in [2.24, 2.45) is 0 Å². The summed E-state index contributed by atoms with van der Waals surface area (Å²) >= 11 is 5.44. The highest BCUT2D eigenvalue weighted by Gasteiger charge is 2.19. The zero-order chi connectivity index (χ0) is 12.3. The van der Waals surface area contributed by atoms with E-state index in [-0.39, 0.29) is 5.37 Å². The molecule has 0 aromatic heterocycles. The topological polar surface area (TPSA) is 32.8 Å². The van der Waals surface area contributed by atoms with E-state index in [0.29, 0.717) is 13.1 Å². The summed E-state index contributed by atoms with van der Waals surface area (Å²) in [5.74, 6) is 0.850. The van der Waals surface area contributed by atoms with Gasteiger partial charge in [-0.15, -0.1) is 0 Å². The molecule has 92 valence electrons. The van der Waals surface area contributed by atoms with E-state index in [0.717, 1.165) is 24.5 Å². The average molecular weight is 255 g/mol. The van der Waals surface area contributed by atoms with E-state index in [1.54, 1.807) is 12.0 Å². The van der Waals surface area contributed by atoms with Crippen molar-refractivity contribution in [3.63, 3.8) is 0 Å². The third-order valence-corrected chi connectivity index (χ3v) is 3.20. The predicted molar refractivity (Wildman–Crippen MR) is 68.0 cm³/mol. The van der Waals surface area contributed by atoms with E-state index in [1.807, 2.05) is 24.3 Å². The molecule has 1 aromatic carbocycles. The Bertz CT molecular complexity index is 386. The first-order chi connectivity index (χ1) is 8.20. The summed E-state index contributed by atoms with van der Waals surface area (Å²) < 4.78 is 5.12. The second kappa shape index (κ2) is 5.27. The minimum absolute atomic E-state index is 0.362. The maximum atomic E-state index is 11.0. The van der Waals surface area contributed by atoms with Gasteiger partial charge in [-0.1, -0.05) is 0 Å². The number of rotatable bonds is 2. The van der Waals surface area contributed by atoms with Crippen molar-refractivity contribution in [3.8, 4) is 5.75 Å². The maximum Gasteiger partial charge on any atom is 0.316 e. The van der Waals surface area contributed by atoms with Gasteiger partial charge in [0.25, 0.3) is 0 Å². The molecule has 0 saturated carbocycles. The lowest BCUT2D eigenvalue weighted by molar-refractivity contribution is 0.218. The second-order valence-corrected chi connectivity index (χ2v) is 4.25. The number of hydrogen-bond acceptors (Lipinski definition) is 3. The van der Waals surface area contributed by atoms with Crippen molar-refractivity contribution in [2.75, 3.05) is 38.2 Å². The van der Waals surface area contributed by atoms with Crippen LogP contribution in [0.3, 0.4) is 0 Å². The van der Waals surface area contributed by atoms with E-state index in [2.05, 4.69) is 4.90 Å². The molecule has 0 atom stereocenters. The van der Waals surface area contributed by atoms with Gasteiger partial charge in [0, 0.05) is 31.9 Å². The van der Waals surface area contributed by atoms with Crippen molar-refractivity contribution < 1.29 is 9.53 Å². The van der Waals surface area contributed by atoms with Crippen LogP contribution >= 0.6 is 11.6 Å². The van der Waals surface area contributed by atoms with Crippen molar-refractivity contribution >= 4 is 22.7 Å². The van der Waals surface area contributed by atoms with Crippen molar-refractivity contribution in [1.29, 1.82) is 0 Å². The van der Waals surface area contributed by atoms with Crippen LogP contribution in [0.25, 0.3) is 0 Å². The number of benzene rings is 1. The first-order valence-corrected chi connectivity index (χ1v) is 5.92. The summed E-state index contributed by atoms with van der Waals surface area (Å²) in [5, 5.41) is -0.362. The lowest BCUT2D eigenvalue weighted by Gasteiger charge is -2.35. The summed E-state index contributed by atoms with van der Waals surface area (Å²) in [6, 6.07) is 7.93. The first-order valence-electron chi connectivity index (χ1n) is 5.54. The molecule has 0 unspecified atom stereocenters. The Morgan fingerprint density at radius 3 is 2.24 bits per heavy atom. The average Bonchev–Trinajstić information content (AvgIpc) is 2.39. The third kappa shape index (κ3) is 2.82. The number of carbonyl (C=O) groups excluding carboxylic acids is 1. The number of anilines is 1. The molecule has 2 rings (SSSR count). The Balaban J connectivity index is 1.97. The normalized spacial score (nSPS) is 15.9. The van der Waals surface area contributed by atoms with Gasteiger partial charge in [0.15, 0.2) is 0 Å². The first kappa shape index (κ1) is 12.0. The molecule has 1 fully saturated rings. The quantitative estimate of drug-likeness (QED) is 0.599. The van der Waals surface area contributed by atoms with Gasteiger partial charge >= 0.3 is 5.37 Å². The third-order valence-electron chi connectivity index (χ3n) is 2.97. The van der Waals surface area contributed by atoms with Crippen LogP contribution in [0.5, 0.6) is 5.75 Å². The molecule has 0 N–H and O–H groups in total. The maximum absolute atomic E-state index is 11.0. The van der Waals surface area contributed by atoms with E-state index >= 15 is 0 Å². The fraction of sp³-hybridized carbons (Fsp3) is 0.417. The molecule has 1 aliphatic heterocycles. The van der Waals surface area contributed by atoms with Gasteiger partial charge in [0.05, 0.1) is 7.11 Å². The molecular weight excluding hydrogens is 240 g/mol. The van der Waals surface area contributed by atoms with Crippen LogP contribution in [0.2, 0.25) is 0 Å². The lowest BCUT2D eigenvalue weighted by Crippen LogP contribution is -2.47. The van der Waals surface area contributed by atoms with Crippen LogP contribution < -0.4 is 9.64 Å². The number of halogens is 1. The fourth-order valence-electron chi connectivity index (χ4n) is 1.93. The number of hydrogen-bond donors (Lipinski definition) is 0. The lowest BCUT2D eigenvalue weighted by atomic mass is 10.2. The van der Waals surface area contributed by atoms with E-state index in [1.165, 1.54) is 0 Å². The molecule has 1 amide bonds. The van der Waals surface area contributed by atoms with Gasteiger partial charge in [-0.3, -0.25) is 4.79 Å². The Morgan fingerprint density at radius 2 is 1.76 bits per heavy atom. The van der Waals surface area contributed by atoms with Gasteiger partial charge in [-0.05, 0) is 35.9 Å². The summed E-state index contributed by atoms with van der Waals surface area (Å²) in [4.78, 5) is 14.9. The zero-order valence-corrected chi connectivity index (χ0v) is 10.5. The van der Waals surface area contributed by atoms with Crippen LogP contribution in [0.15, 0.2) is 24.3 Å². The molecule has 1 aromatic rings. The molecule has 17 heavy (non-hydrogen) atoms. The van der Waals surface area contributed by atoms with Crippen molar-refractivity contribution in [3.05, 3.63) is 24.3 Å². The van der Waals surface area contributed by atoms with Crippen LogP contribution in [0, 0.1) is 0 Å². The number of carbonyl (C=O) groups is 1. The molecule has 0 spiro atoms. The molecule has 4 nitrogen and oxygen atoms in total. The van der Waals surface area contributed by atoms with Gasteiger partial charge in [-0.25, -0.2) is 0 Å². The summed E-state index contributed by atoms with van der Waals surface area (Å²) in [7, 11) is 1.65. The van der Waals surface area contributed by atoms with Crippen molar-refractivity contribution in [2.45, 2.75) is 0 Å². The molecule has 0 aliphatic carbocycles. The fourth-order valence-corrected chi connectivity index (χ4v) is 2.10. The summed E-state index contributed by atoms with van der Waals surface area (Å²) in [6.07, 6.45) is 0. The summed E-state index contributed by atoms with van der Waals surface area (Å²) in [6.45, 7) is 2.97. The van der Waals surface area contributed by atoms with E-state index < -0.39 is 0 Å². The van der Waals surface area contributed by atoms with Gasteiger partial charge < -0.3 is 14.5 Å². The van der Waals surface area contributed by atoms with Gasteiger partial charge in [-0.2, -0.15) is 0 Å². The monoisotopic (exact) mass is 254 g/mol. The molecule has 0 bridgehead atoms. The smallest absolute Gasteiger partial charge is 0.316 e. The van der Waals surface area contributed by atoms with Crippen LogP contribution in [0.4, 0.5) is 10.5 Å². The van der Waals surface area contributed by atoms with E-state index in [9.17, 15) is 4.79 Å². The molecular formula is C12H15ClN2O2. The second-order valence-electron chi connectivity index (χ2n) is 3.93. The van der Waals surface area contributed by atoms with Crippen LogP contribution in [-0.4, -0.2) is 43.6 Å². The number of nitrogens with zero attached hydrogens (tertiary/aromatic N) is 2. The largest absolute Gasteiger partial charge is 0.497 e. The highest BCUT2D eigenvalue weighted by Crippen LogP contribution is 2.20. The Morgan fingerprint density at radius 1 is 1.18 bits per heavy atom. The SMILES string of the molecule is COc1ccc(N2CCN(C(=O)Cl)CC2)cc1. The molecule has 1 heterocycles. The van der Waals surface area contributed by atoms with Crippen LogP contribution in [0.1, 0.15) is 0 Å². The molecule has 1 aliphatic rings. The number of ether oxygens (including phenoxy) is 1. The zero-order valence-electron chi connectivity index (χ0n) is 9.73. The Hall–Kier alpha value is -1.42. The minimum Gasteiger partial charge on any atom is -0.497 e. The molecule has 5 heteroatoms. The Kier molecular flexibility index (Phi) is 3.74. The Labute approximate surface area is 106 Å². The number of piperazine rings is 1. The van der Waals surface area contributed by atoms with Crippen LogP contribution in [-0.2, 0) is 0 Å². The molecule has 0 radical (unpaired) electrons. The highest BCUT2D eigenvalue weighted by atomic mass is 35.5. The van der Waals surface area contributed by atoms with Crippen molar-refractivity contribution in [1.82, 2.24) is 4.90 Å².